The van der Waals surface area contributed by atoms with Gasteiger partial charge in [0.1, 0.15) is 11.8 Å². The fourth-order valence-electron chi connectivity index (χ4n) is 4.53. The molecular formula is C33H35BrN2O3. The second-order valence-corrected chi connectivity index (χ2v) is 11.0. The van der Waals surface area contributed by atoms with Crippen LogP contribution in [0, 0.1) is 12.8 Å². The number of hydrogen-bond acceptors (Lipinski definition) is 3. The maximum Gasteiger partial charge on any atom is 0.261 e. The number of hydrogen-bond donors (Lipinski definition) is 1. The summed E-state index contributed by atoms with van der Waals surface area (Å²) in [7, 11) is 0. The second-order valence-electron chi connectivity index (χ2n) is 10.2. The molecule has 0 aliphatic rings. The van der Waals surface area contributed by atoms with E-state index >= 15 is 0 Å². The van der Waals surface area contributed by atoms with Crippen molar-refractivity contribution in [2.45, 2.75) is 39.8 Å². The zero-order valence-electron chi connectivity index (χ0n) is 22.7. The Balaban J connectivity index is 1.63. The van der Waals surface area contributed by atoms with Gasteiger partial charge < -0.3 is 15.0 Å². The minimum atomic E-state index is -0.692. The maximum atomic E-state index is 13.9. The summed E-state index contributed by atoms with van der Waals surface area (Å²) in [6.07, 6.45) is 0.405. The molecule has 2 amide bonds. The van der Waals surface area contributed by atoms with E-state index in [1.54, 1.807) is 4.90 Å². The smallest absolute Gasteiger partial charge is 0.261 e. The summed E-state index contributed by atoms with van der Waals surface area (Å²) in [5, 5.41) is 5.14. The molecule has 6 heteroatoms. The Morgan fingerprint density at radius 2 is 1.62 bits per heavy atom. The van der Waals surface area contributed by atoms with Gasteiger partial charge in [-0.3, -0.25) is 9.59 Å². The highest BCUT2D eigenvalue weighted by molar-refractivity contribution is 9.10. The van der Waals surface area contributed by atoms with Gasteiger partial charge in [-0.2, -0.15) is 0 Å². The van der Waals surface area contributed by atoms with Crippen LogP contribution in [0.5, 0.6) is 5.75 Å². The van der Waals surface area contributed by atoms with E-state index in [9.17, 15) is 9.59 Å². The summed E-state index contributed by atoms with van der Waals surface area (Å²) < 4.78 is 6.86. The summed E-state index contributed by atoms with van der Waals surface area (Å²) in [6.45, 7) is 6.78. The van der Waals surface area contributed by atoms with Crippen molar-refractivity contribution in [3.8, 4) is 5.75 Å². The lowest BCUT2D eigenvalue weighted by atomic mass is 10.0. The molecule has 0 radical (unpaired) electrons. The minimum absolute atomic E-state index is 0.166. The number of amides is 2. The highest BCUT2D eigenvalue weighted by atomic mass is 79.9. The van der Waals surface area contributed by atoms with Crippen LogP contribution >= 0.6 is 15.9 Å². The normalized spacial score (nSPS) is 11.8. The third-order valence-corrected chi connectivity index (χ3v) is 7.39. The summed E-state index contributed by atoms with van der Waals surface area (Å²) in [6, 6.07) is 29.0. The van der Waals surface area contributed by atoms with Gasteiger partial charge in [0.15, 0.2) is 6.61 Å². The Morgan fingerprint density at radius 1 is 0.897 bits per heavy atom. The molecule has 0 bridgehead atoms. The van der Waals surface area contributed by atoms with E-state index in [0.717, 1.165) is 31.9 Å². The number of benzene rings is 4. The number of aryl methyl sites for hydroxylation is 1. The minimum Gasteiger partial charge on any atom is -0.483 e. The monoisotopic (exact) mass is 586 g/mol. The Kier molecular flexibility index (Phi) is 9.77. The van der Waals surface area contributed by atoms with E-state index in [-0.39, 0.29) is 18.4 Å². The molecule has 0 saturated carbocycles. The molecule has 4 aromatic rings. The fraction of sp³-hybridized carbons (Fsp3) is 0.273. The molecule has 0 spiro atoms. The van der Waals surface area contributed by atoms with Crippen LogP contribution in [0.15, 0.2) is 95.5 Å². The average Bonchev–Trinajstić information content (AvgIpc) is 2.94. The Bertz CT molecular complexity index is 1420. The summed E-state index contributed by atoms with van der Waals surface area (Å²) in [4.78, 5) is 29.1. The number of carbonyl (C=O) groups is 2. The van der Waals surface area contributed by atoms with E-state index in [1.807, 2.05) is 97.9 Å². The van der Waals surface area contributed by atoms with Gasteiger partial charge in [-0.1, -0.05) is 104 Å². The van der Waals surface area contributed by atoms with E-state index in [4.69, 9.17) is 4.74 Å². The summed E-state index contributed by atoms with van der Waals surface area (Å²) in [5.41, 5.74) is 3.05. The van der Waals surface area contributed by atoms with E-state index in [2.05, 4.69) is 35.1 Å². The van der Waals surface area contributed by atoms with Crippen molar-refractivity contribution >= 4 is 38.5 Å². The predicted octanol–water partition coefficient (Wildman–Crippen LogP) is 6.70. The molecule has 0 aromatic heterocycles. The SMILES string of the molecule is Cc1cccc(CN(C(=O)COc2ccc3ccccc3c2Br)C(Cc2ccccc2)C(=O)NCC(C)C)c1. The number of halogens is 1. The fourth-order valence-corrected chi connectivity index (χ4v) is 5.14. The van der Waals surface area contributed by atoms with Crippen molar-refractivity contribution in [3.63, 3.8) is 0 Å². The van der Waals surface area contributed by atoms with Gasteiger partial charge in [0, 0.05) is 19.5 Å². The zero-order chi connectivity index (χ0) is 27.8. The lowest BCUT2D eigenvalue weighted by Crippen LogP contribution is -2.52. The van der Waals surface area contributed by atoms with Crippen LogP contribution in [0.25, 0.3) is 10.8 Å². The van der Waals surface area contributed by atoms with Crippen molar-refractivity contribution in [1.82, 2.24) is 10.2 Å². The van der Waals surface area contributed by atoms with Crippen molar-refractivity contribution < 1.29 is 14.3 Å². The molecule has 0 aliphatic heterocycles. The van der Waals surface area contributed by atoms with Crippen LogP contribution in [-0.2, 0) is 22.6 Å². The van der Waals surface area contributed by atoms with Gasteiger partial charge in [0.05, 0.1) is 4.47 Å². The van der Waals surface area contributed by atoms with Crippen LogP contribution in [0.2, 0.25) is 0 Å². The first-order chi connectivity index (χ1) is 18.8. The van der Waals surface area contributed by atoms with Crippen molar-refractivity contribution in [1.29, 1.82) is 0 Å². The first-order valence-corrected chi connectivity index (χ1v) is 14.1. The number of ether oxygens (including phenoxy) is 1. The Labute approximate surface area is 239 Å². The van der Waals surface area contributed by atoms with E-state index in [1.165, 1.54) is 0 Å². The van der Waals surface area contributed by atoms with Gasteiger partial charge >= 0.3 is 0 Å². The highest BCUT2D eigenvalue weighted by Gasteiger charge is 2.31. The molecule has 4 rings (SSSR count). The number of nitrogens with zero attached hydrogens (tertiary/aromatic N) is 1. The molecule has 0 heterocycles. The van der Waals surface area contributed by atoms with Crippen molar-refractivity contribution in [3.05, 3.63) is 112 Å². The second kappa shape index (κ2) is 13.4. The van der Waals surface area contributed by atoms with Gasteiger partial charge in [0.2, 0.25) is 5.91 Å². The third kappa shape index (κ3) is 7.70. The molecule has 39 heavy (non-hydrogen) atoms. The molecule has 5 nitrogen and oxygen atoms in total. The summed E-state index contributed by atoms with van der Waals surface area (Å²) >= 11 is 3.65. The Hall–Kier alpha value is -3.64. The van der Waals surface area contributed by atoms with E-state index in [0.29, 0.717) is 31.2 Å². The largest absolute Gasteiger partial charge is 0.483 e. The van der Waals surface area contributed by atoms with Crippen LogP contribution in [0.1, 0.15) is 30.5 Å². The van der Waals surface area contributed by atoms with Crippen LogP contribution < -0.4 is 10.1 Å². The molecule has 1 unspecified atom stereocenters. The molecule has 4 aromatic carbocycles. The molecule has 0 fully saturated rings. The lowest BCUT2D eigenvalue weighted by molar-refractivity contribution is -0.142. The first-order valence-electron chi connectivity index (χ1n) is 13.3. The van der Waals surface area contributed by atoms with Gasteiger partial charge in [-0.25, -0.2) is 0 Å². The number of nitrogens with one attached hydrogen (secondary N) is 1. The molecule has 202 valence electrons. The number of carbonyl (C=O) groups excluding carboxylic acids is 2. The topological polar surface area (TPSA) is 58.6 Å². The van der Waals surface area contributed by atoms with Crippen molar-refractivity contribution in [2.24, 2.45) is 5.92 Å². The average molecular weight is 588 g/mol. The number of fused-ring (bicyclic) bond motifs is 1. The lowest BCUT2D eigenvalue weighted by Gasteiger charge is -2.32. The van der Waals surface area contributed by atoms with Crippen LogP contribution in [0.4, 0.5) is 0 Å². The van der Waals surface area contributed by atoms with Gasteiger partial charge in [-0.05, 0) is 56.7 Å². The quantitative estimate of drug-likeness (QED) is 0.213. The predicted molar refractivity (Wildman–Crippen MR) is 161 cm³/mol. The highest BCUT2D eigenvalue weighted by Crippen LogP contribution is 2.33. The zero-order valence-corrected chi connectivity index (χ0v) is 24.3. The van der Waals surface area contributed by atoms with Gasteiger partial charge in [-0.15, -0.1) is 0 Å². The Morgan fingerprint density at radius 3 is 2.36 bits per heavy atom. The van der Waals surface area contributed by atoms with E-state index < -0.39 is 6.04 Å². The summed E-state index contributed by atoms with van der Waals surface area (Å²) in [5.74, 6) is 0.458. The maximum absolute atomic E-state index is 13.9. The third-order valence-electron chi connectivity index (χ3n) is 6.57. The van der Waals surface area contributed by atoms with Gasteiger partial charge in [0.25, 0.3) is 5.91 Å². The molecule has 1 atom stereocenters. The molecule has 0 saturated heterocycles. The van der Waals surface area contributed by atoms with Crippen LogP contribution in [-0.4, -0.2) is 35.9 Å². The first kappa shape index (κ1) is 28.4. The molecule has 1 N–H and O–H groups in total. The van der Waals surface area contributed by atoms with Crippen molar-refractivity contribution in [2.75, 3.05) is 13.2 Å². The van der Waals surface area contributed by atoms with Crippen LogP contribution in [0.3, 0.4) is 0 Å². The number of rotatable bonds is 11. The molecule has 0 aliphatic carbocycles. The molecular weight excluding hydrogens is 552 g/mol. The standard InChI is InChI=1S/C33H35BrN2O3/c1-23(2)20-35-33(38)29(19-25-11-5-4-6-12-25)36(21-26-13-9-10-24(3)18-26)31(37)22-39-30-17-16-27-14-7-8-15-28(27)32(30)34/h4-18,23,29H,19-22H2,1-3H3,(H,35,38).